The summed E-state index contributed by atoms with van der Waals surface area (Å²) in [6, 6.07) is 1.60. The number of aromatic nitrogens is 2. The zero-order chi connectivity index (χ0) is 12.5. The summed E-state index contributed by atoms with van der Waals surface area (Å²) in [6.45, 7) is 1.35. The molecule has 2 aliphatic rings. The zero-order valence-electron chi connectivity index (χ0n) is 10.2. The van der Waals surface area contributed by atoms with E-state index in [2.05, 4.69) is 5.10 Å². The van der Waals surface area contributed by atoms with Gasteiger partial charge in [-0.1, -0.05) is 0 Å². The number of nitrogens with two attached hydrogens (primary N) is 1. The van der Waals surface area contributed by atoms with Crippen LogP contribution in [-0.4, -0.2) is 34.5 Å². The Kier molecular flexibility index (Phi) is 2.95. The lowest BCUT2D eigenvalue weighted by Gasteiger charge is -2.29. The highest BCUT2D eigenvalue weighted by molar-refractivity contribution is 5.91. The zero-order valence-corrected chi connectivity index (χ0v) is 10.2. The van der Waals surface area contributed by atoms with Crippen LogP contribution in [0.2, 0.25) is 0 Å². The third-order valence-electron chi connectivity index (χ3n) is 3.52. The monoisotopic (exact) mass is 251 g/mol. The van der Waals surface area contributed by atoms with Crippen LogP contribution in [-0.2, 0) is 11.3 Å². The molecule has 2 heterocycles. The maximum absolute atomic E-state index is 11.0. The maximum Gasteiger partial charge on any atom is 0.269 e. The largest absolute Gasteiger partial charge is 0.472 e. The first-order chi connectivity index (χ1) is 8.72. The van der Waals surface area contributed by atoms with E-state index in [1.54, 1.807) is 10.7 Å². The Morgan fingerprint density at radius 2 is 2.39 bits per heavy atom. The van der Waals surface area contributed by atoms with Gasteiger partial charge < -0.3 is 15.2 Å². The van der Waals surface area contributed by atoms with Crippen LogP contribution in [0.3, 0.4) is 0 Å². The van der Waals surface area contributed by atoms with Crippen molar-refractivity contribution in [3.63, 3.8) is 0 Å². The molecule has 1 saturated carbocycles. The van der Waals surface area contributed by atoms with E-state index in [1.165, 1.54) is 6.42 Å². The van der Waals surface area contributed by atoms with Crippen molar-refractivity contribution in [2.24, 2.45) is 5.73 Å². The van der Waals surface area contributed by atoms with Crippen molar-refractivity contribution in [1.82, 2.24) is 9.78 Å². The second-order valence-corrected chi connectivity index (χ2v) is 4.87. The molecule has 6 heteroatoms. The molecule has 0 saturated heterocycles. The van der Waals surface area contributed by atoms with Gasteiger partial charge in [0.1, 0.15) is 6.10 Å². The lowest BCUT2D eigenvalue weighted by atomic mass is 9.96. The number of hydrogen-bond donors (Lipinski definition) is 1. The van der Waals surface area contributed by atoms with E-state index >= 15 is 0 Å². The van der Waals surface area contributed by atoms with Crippen LogP contribution >= 0.6 is 0 Å². The van der Waals surface area contributed by atoms with Gasteiger partial charge in [-0.2, -0.15) is 5.10 Å². The van der Waals surface area contributed by atoms with Gasteiger partial charge in [-0.05, 0) is 19.3 Å². The van der Waals surface area contributed by atoms with Crippen molar-refractivity contribution in [1.29, 1.82) is 0 Å². The van der Waals surface area contributed by atoms with Gasteiger partial charge in [0.15, 0.2) is 5.69 Å². The minimum absolute atomic E-state index is 0.0514. The van der Waals surface area contributed by atoms with E-state index in [-0.39, 0.29) is 11.8 Å². The average molecular weight is 251 g/mol. The van der Waals surface area contributed by atoms with Crippen LogP contribution in [0.5, 0.6) is 5.88 Å². The molecule has 18 heavy (non-hydrogen) atoms. The van der Waals surface area contributed by atoms with Gasteiger partial charge in [-0.3, -0.25) is 4.79 Å². The lowest BCUT2D eigenvalue weighted by molar-refractivity contribution is -0.0448. The standard InChI is InChI=1S/C12H17N3O3/c13-12(16)10-6-11-15(14-10)5-4-9(18-11)7-17-8-2-1-3-8/h6,8-9H,1-5,7H2,(H2,13,16). The topological polar surface area (TPSA) is 79.4 Å². The van der Waals surface area contributed by atoms with Gasteiger partial charge in [0.25, 0.3) is 5.91 Å². The van der Waals surface area contributed by atoms with Crippen molar-refractivity contribution in [3.05, 3.63) is 11.8 Å². The van der Waals surface area contributed by atoms with Crippen molar-refractivity contribution in [3.8, 4) is 5.88 Å². The molecule has 1 fully saturated rings. The molecule has 2 N–H and O–H groups in total. The van der Waals surface area contributed by atoms with Crippen LogP contribution in [0.25, 0.3) is 0 Å². The SMILES string of the molecule is NC(=O)c1cc2n(n1)CCC(COC1CCC1)O2. The summed E-state index contributed by atoms with van der Waals surface area (Å²) in [5.41, 5.74) is 5.44. The fraction of sp³-hybridized carbons (Fsp3) is 0.667. The molecule has 1 aliphatic carbocycles. The molecule has 98 valence electrons. The molecule has 1 aliphatic heterocycles. The highest BCUT2D eigenvalue weighted by atomic mass is 16.5. The minimum Gasteiger partial charge on any atom is -0.472 e. The Morgan fingerprint density at radius 1 is 1.56 bits per heavy atom. The summed E-state index contributed by atoms with van der Waals surface area (Å²) < 4.78 is 13.2. The Morgan fingerprint density at radius 3 is 3.06 bits per heavy atom. The fourth-order valence-corrected chi connectivity index (χ4v) is 2.17. The number of hydrogen-bond acceptors (Lipinski definition) is 4. The van der Waals surface area contributed by atoms with Gasteiger partial charge >= 0.3 is 0 Å². The molecule has 0 radical (unpaired) electrons. The van der Waals surface area contributed by atoms with Crippen LogP contribution in [0.1, 0.15) is 36.2 Å². The van der Waals surface area contributed by atoms with Crippen molar-refractivity contribution >= 4 is 5.91 Å². The van der Waals surface area contributed by atoms with E-state index in [4.69, 9.17) is 15.2 Å². The Bertz CT molecular complexity index is 453. The van der Waals surface area contributed by atoms with Crippen LogP contribution in [0, 0.1) is 0 Å². The predicted octanol–water partition coefficient (Wildman–Crippen LogP) is 0.702. The number of nitrogens with zero attached hydrogens (tertiary/aromatic N) is 2. The second kappa shape index (κ2) is 4.61. The predicted molar refractivity (Wildman–Crippen MR) is 63.4 cm³/mol. The minimum atomic E-state index is -0.525. The van der Waals surface area contributed by atoms with Gasteiger partial charge in [-0.15, -0.1) is 0 Å². The summed E-state index contributed by atoms with van der Waals surface area (Å²) in [4.78, 5) is 11.0. The molecule has 0 spiro atoms. The molecule has 6 nitrogen and oxygen atoms in total. The fourth-order valence-electron chi connectivity index (χ4n) is 2.17. The van der Waals surface area contributed by atoms with Crippen LogP contribution in [0.15, 0.2) is 6.07 Å². The number of carbonyl (C=O) groups is 1. The number of primary amides is 1. The molecule has 1 atom stereocenters. The smallest absolute Gasteiger partial charge is 0.269 e. The van der Waals surface area contributed by atoms with E-state index in [9.17, 15) is 4.79 Å². The molecular formula is C12H17N3O3. The van der Waals surface area contributed by atoms with E-state index < -0.39 is 5.91 Å². The first-order valence-corrected chi connectivity index (χ1v) is 6.38. The molecule has 1 amide bonds. The van der Waals surface area contributed by atoms with E-state index in [1.807, 2.05) is 0 Å². The molecule has 1 unspecified atom stereocenters. The van der Waals surface area contributed by atoms with Gasteiger partial charge in [0.05, 0.1) is 12.7 Å². The first-order valence-electron chi connectivity index (χ1n) is 6.38. The Labute approximate surface area is 105 Å². The summed E-state index contributed by atoms with van der Waals surface area (Å²) in [5, 5.41) is 4.08. The molecule has 0 bridgehead atoms. The molecule has 3 rings (SSSR count). The third kappa shape index (κ3) is 2.20. The van der Waals surface area contributed by atoms with Gasteiger partial charge in [0.2, 0.25) is 5.88 Å². The number of aryl methyl sites for hydroxylation is 1. The molecule has 0 aromatic carbocycles. The van der Waals surface area contributed by atoms with Crippen molar-refractivity contribution < 1.29 is 14.3 Å². The highest BCUT2D eigenvalue weighted by Gasteiger charge is 2.25. The summed E-state index contributed by atoms with van der Waals surface area (Å²) in [5.74, 6) is 0.0834. The van der Waals surface area contributed by atoms with E-state index in [0.29, 0.717) is 18.6 Å². The molecule has 1 aromatic rings. The Balaban J connectivity index is 1.59. The molecule has 1 aromatic heterocycles. The number of rotatable bonds is 4. The number of ether oxygens (including phenoxy) is 2. The first kappa shape index (κ1) is 11.5. The summed E-state index contributed by atoms with van der Waals surface area (Å²) in [7, 11) is 0. The highest BCUT2D eigenvalue weighted by Crippen LogP contribution is 2.25. The molecular weight excluding hydrogens is 234 g/mol. The number of amides is 1. The van der Waals surface area contributed by atoms with Crippen LogP contribution in [0.4, 0.5) is 0 Å². The average Bonchev–Trinajstić information content (AvgIpc) is 2.70. The quantitative estimate of drug-likeness (QED) is 0.854. The van der Waals surface area contributed by atoms with E-state index in [0.717, 1.165) is 25.8 Å². The van der Waals surface area contributed by atoms with Gasteiger partial charge in [-0.25, -0.2) is 4.68 Å². The summed E-state index contributed by atoms with van der Waals surface area (Å²) in [6.07, 6.45) is 4.91. The van der Waals surface area contributed by atoms with Crippen molar-refractivity contribution in [2.45, 2.75) is 44.4 Å². The summed E-state index contributed by atoms with van der Waals surface area (Å²) >= 11 is 0. The van der Waals surface area contributed by atoms with Crippen molar-refractivity contribution in [2.75, 3.05) is 6.61 Å². The lowest BCUT2D eigenvalue weighted by Crippen LogP contribution is -2.33. The maximum atomic E-state index is 11.0. The third-order valence-corrected chi connectivity index (χ3v) is 3.52. The normalized spacial score (nSPS) is 23.0. The Hall–Kier alpha value is -1.56. The number of carbonyl (C=O) groups excluding carboxylic acids is 1. The van der Waals surface area contributed by atoms with Gasteiger partial charge in [0, 0.05) is 19.0 Å². The van der Waals surface area contributed by atoms with Crippen LogP contribution < -0.4 is 10.5 Å². The second-order valence-electron chi connectivity index (χ2n) is 4.87. The number of fused-ring (bicyclic) bond motifs is 1.